The molecule has 1 unspecified atom stereocenters. The quantitative estimate of drug-likeness (QED) is 0.205. The molecule has 4 aromatic rings. The van der Waals surface area contributed by atoms with Gasteiger partial charge in [0.05, 0.1) is 0 Å². The summed E-state index contributed by atoms with van der Waals surface area (Å²) < 4.78 is 29.8. The molecule has 1 amide bonds. The molecular weight excluding hydrogens is 500 g/mol. The number of benzene rings is 1. The van der Waals surface area contributed by atoms with Gasteiger partial charge in [0, 0.05) is 12.4 Å². The number of carbonyl (C=O) groups excluding carboxylic acids is 2. The first-order valence-electron chi connectivity index (χ1n) is 12.5. The Hall–Kier alpha value is -4.25. The molecule has 4 rings (SSSR count). The van der Waals surface area contributed by atoms with Crippen molar-refractivity contribution < 1.29 is 23.4 Å². The van der Waals surface area contributed by atoms with Crippen molar-refractivity contribution in [1.29, 1.82) is 0 Å². The number of halogens is 1. The first-order chi connectivity index (χ1) is 18.6. The minimum atomic E-state index is -0.814. The molecule has 3 aromatic heterocycles. The fourth-order valence-corrected chi connectivity index (χ4v) is 4.18. The van der Waals surface area contributed by atoms with E-state index >= 15 is 0 Å². The van der Waals surface area contributed by atoms with Gasteiger partial charge < -0.3 is 0 Å². The van der Waals surface area contributed by atoms with E-state index in [0.717, 1.165) is 27.8 Å². The van der Waals surface area contributed by atoms with Crippen LogP contribution in [0.3, 0.4) is 0 Å². The number of H-pyrrole nitrogens is 1. The Morgan fingerprint density at radius 2 is 1.77 bits per heavy atom. The average molecular weight is 529 g/mol. The van der Waals surface area contributed by atoms with Crippen LogP contribution in [0.15, 0.2) is 60.9 Å². The van der Waals surface area contributed by atoms with Crippen LogP contribution in [0.25, 0.3) is 33.4 Å². The molecule has 3 heterocycles. The van der Waals surface area contributed by atoms with Crippen LogP contribution in [0.5, 0.6) is 0 Å². The number of anilines is 1. The van der Waals surface area contributed by atoms with Crippen LogP contribution in [0.1, 0.15) is 33.6 Å². The van der Waals surface area contributed by atoms with E-state index < -0.39 is 23.5 Å². The maximum atomic E-state index is 13.6. The maximum absolute atomic E-state index is 13.6. The average Bonchev–Trinajstić information content (AvgIpc) is 3.27. The Morgan fingerprint density at radius 3 is 2.44 bits per heavy atom. The molecule has 0 aliphatic carbocycles. The number of pyridine rings is 2. The number of hydrogen-bond donors (Lipinski definition) is 3. The molecule has 0 aliphatic rings. The van der Waals surface area contributed by atoms with E-state index in [0.29, 0.717) is 12.8 Å². The molecule has 3 N–H and O–H groups in total. The van der Waals surface area contributed by atoms with Gasteiger partial charge in [-0.15, -0.1) is 0 Å². The van der Waals surface area contributed by atoms with Gasteiger partial charge >= 0.3 is 186 Å². The number of amides is 1. The summed E-state index contributed by atoms with van der Waals surface area (Å²) in [6, 6.07) is 12.6. The number of aromatic nitrogens is 3. The predicted octanol–water partition coefficient (Wildman–Crippen LogP) is 4.46. The summed E-state index contributed by atoms with van der Waals surface area (Å²) in [6.07, 6.45) is 3.47. The fourth-order valence-electron chi connectivity index (χ4n) is 4.18. The molecule has 0 aliphatic heterocycles. The number of aromatic amines is 1. The fraction of sp³-hybridized carbons (Fsp3) is 0.286. The normalized spacial score (nSPS) is 12.1. The van der Waals surface area contributed by atoms with Crippen LogP contribution in [-0.2, 0) is 19.0 Å². The van der Waals surface area contributed by atoms with Gasteiger partial charge in [-0.05, 0) is 12.1 Å². The molecule has 9 nitrogen and oxygen atoms in total. The second-order valence-electron chi connectivity index (χ2n) is 9.95. The van der Waals surface area contributed by atoms with Crippen molar-refractivity contribution >= 4 is 35.9 Å². The summed E-state index contributed by atoms with van der Waals surface area (Å²) >= 11 is 0. The zero-order valence-corrected chi connectivity index (χ0v) is 22.0. The summed E-state index contributed by atoms with van der Waals surface area (Å²) in [5.41, 5.74) is 3.16. The zero-order chi connectivity index (χ0) is 28.0. The number of ether oxygens (including phenoxy) is 1. The Labute approximate surface area is 225 Å². The molecule has 200 valence electrons. The van der Waals surface area contributed by atoms with Gasteiger partial charge in [0.15, 0.2) is 0 Å². The molecular formula is C28H29BFN5O4. The number of fused-ring (bicyclic) bond motifs is 1. The zero-order valence-electron chi connectivity index (χ0n) is 22.0. The van der Waals surface area contributed by atoms with Crippen LogP contribution in [0.4, 0.5) is 10.2 Å². The van der Waals surface area contributed by atoms with E-state index in [1.165, 1.54) is 12.1 Å². The predicted molar refractivity (Wildman–Crippen MR) is 147 cm³/mol. The van der Waals surface area contributed by atoms with E-state index in [1.54, 1.807) is 51.4 Å². The summed E-state index contributed by atoms with van der Waals surface area (Å²) in [5.74, 6) is -0.924. The van der Waals surface area contributed by atoms with Gasteiger partial charge in [-0.25, -0.2) is 4.39 Å². The molecule has 0 spiro atoms. The van der Waals surface area contributed by atoms with Gasteiger partial charge in [0.25, 0.3) is 0 Å². The molecule has 0 saturated carbocycles. The van der Waals surface area contributed by atoms with Crippen molar-refractivity contribution in [1.82, 2.24) is 20.3 Å². The van der Waals surface area contributed by atoms with Crippen LogP contribution in [0, 0.1) is 5.82 Å². The summed E-state index contributed by atoms with van der Waals surface area (Å²) in [6.45, 7) is 5.30. The number of nitrogens with zero attached hydrogens (tertiary/aromatic N) is 2. The Balaban J connectivity index is 1.61. The van der Waals surface area contributed by atoms with Gasteiger partial charge in [-0.3, -0.25) is 4.98 Å². The van der Waals surface area contributed by atoms with Crippen LogP contribution in [-0.4, -0.2) is 52.1 Å². The van der Waals surface area contributed by atoms with Crippen LogP contribution in [0.2, 0.25) is 0 Å². The Kier molecular flexibility index (Phi) is 8.60. The van der Waals surface area contributed by atoms with Gasteiger partial charge in [-0.1, -0.05) is 0 Å². The van der Waals surface area contributed by atoms with Crippen molar-refractivity contribution in [3.63, 3.8) is 0 Å². The molecule has 11 heteroatoms. The Morgan fingerprint density at radius 1 is 1.05 bits per heavy atom. The first kappa shape index (κ1) is 27.8. The van der Waals surface area contributed by atoms with Gasteiger partial charge in [-0.2, -0.15) is 0 Å². The standard InChI is InChI=1S/C28H29BFN5O4/c1-28(2,3)39-23(36)11-9-21(32-16-29-38)27(37)34-22-10-8-20-24(17-12-14-31-15-13-17)25(35-26(20)33-22)18-4-6-19(30)7-5-18/h4-8,10,12-15,21,32H,9,11,16H2,1-3H3,(H2,33,34,35,37). The SMILES string of the molecule is CC(C)(C)OC(=O)CCC(NCB=O)C(=O)Nc1ccc2c(-c3ccncc3)c(-c3ccc(F)cc3)[nH]c2n1. The number of carbonyl (C=O) groups is 2. The topological polar surface area (TPSA) is 126 Å². The molecule has 0 bridgehead atoms. The van der Waals surface area contributed by atoms with Crippen LogP contribution < -0.4 is 10.6 Å². The third-order valence-corrected chi connectivity index (χ3v) is 5.83. The van der Waals surface area contributed by atoms with Gasteiger partial charge in [0.1, 0.15) is 5.82 Å². The molecule has 1 atom stereocenters. The van der Waals surface area contributed by atoms with E-state index in [4.69, 9.17) is 4.74 Å². The number of rotatable bonds is 10. The second-order valence-corrected chi connectivity index (χ2v) is 9.95. The van der Waals surface area contributed by atoms with E-state index in [9.17, 15) is 18.7 Å². The summed E-state index contributed by atoms with van der Waals surface area (Å²) in [4.78, 5) is 37.2. The van der Waals surface area contributed by atoms with Gasteiger partial charge in [0.2, 0.25) is 0 Å². The van der Waals surface area contributed by atoms with Crippen molar-refractivity contribution in [2.45, 2.75) is 45.3 Å². The minimum absolute atomic E-state index is 0.000623. The molecule has 0 saturated heterocycles. The number of esters is 1. The third kappa shape index (κ3) is 7.20. The monoisotopic (exact) mass is 529 g/mol. The number of hydrogen-bond acceptors (Lipinski definition) is 7. The summed E-state index contributed by atoms with van der Waals surface area (Å²) in [5, 5.41) is 6.42. The van der Waals surface area contributed by atoms with Crippen molar-refractivity contribution in [3.05, 3.63) is 66.7 Å². The third-order valence-electron chi connectivity index (χ3n) is 5.83. The van der Waals surface area contributed by atoms with E-state index in [1.807, 2.05) is 18.2 Å². The van der Waals surface area contributed by atoms with E-state index in [-0.39, 0.29) is 30.9 Å². The summed E-state index contributed by atoms with van der Waals surface area (Å²) in [7, 11) is 0.647. The molecule has 0 fully saturated rings. The molecule has 0 radical (unpaired) electrons. The van der Waals surface area contributed by atoms with Crippen molar-refractivity contribution in [2.24, 2.45) is 0 Å². The van der Waals surface area contributed by atoms with Crippen molar-refractivity contribution in [3.8, 4) is 22.4 Å². The Bertz CT molecular complexity index is 1470. The van der Waals surface area contributed by atoms with E-state index in [2.05, 4.69) is 25.6 Å². The van der Waals surface area contributed by atoms with Crippen LogP contribution >= 0.6 is 0 Å². The first-order valence-corrected chi connectivity index (χ1v) is 12.5. The molecule has 1 aromatic carbocycles. The number of nitrogens with one attached hydrogen (secondary N) is 3. The van der Waals surface area contributed by atoms with Crippen molar-refractivity contribution in [2.75, 3.05) is 11.8 Å². The second kappa shape index (κ2) is 12.1. The molecule has 39 heavy (non-hydrogen) atoms.